The van der Waals surface area contributed by atoms with Crippen LogP contribution in [0.25, 0.3) is 10.9 Å². The first kappa shape index (κ1) is 9.23. The van der Waals surface area contributed by atoms with Gasteiger partial charge in [0.2, 0.25) is 0 Å². The summed E-state index contributed by atoms with van der Waals surface area (Å²) in [6.45, 7) is 0. The van der Waals surface area contributed by atoms with Crippen molar-refractivity contribution >= 4 is 32.7 Å². The summed E-state index contributed by atoms with van der Waals surface area (Å²) in [7, 11) is 0. The van der Waals surface area contributed by atoms with Crippen LogP contribution < -0.4 is 11.3 Å². The number of nitrogens with one attached hydrogen (secondary N) is 2. The van der Waals surface area contributed by atoms with Gasteiger partial charge < -0.3 is 4.98 Å². The van der Waals surface area contributed by atoms with Gasteiger partial charge in [0.05, 0.1) is 0 Å². The highest BCUT2D eigenvalue weighted by Crippen LogP contribution is 2.20. The molecule has 2 rings (SSSR count). The molecule has 0 bridgehead atoms. The number of amides is 1. The number of carbonyl (C=O) groups is 1. The molecule has 1 amide bonds. The van der Waals surface area contributed by atoms with Gasteiger partial charge in [-0.25, -0.2) is 5.84 Å². The molecular formula is C9H8BrN3O. The van der Waals surface area contributed by atoms with Crippen LogP contribution in [0, 0.1) is 0 Å². The maximum Gasteiger partial charge on any atom is 0.281 e. The molecule has 0 aliphatic rings. The first-order chi connectivity index (χ1) is 6.70. The molecule has 2 aromatic rings. The maximum atomic E-state index is 11.2. The van der Waals surface area contributed by atoms with Crippen LogP contribution in [0.1, 0.15) is 10.5 Å². The summed E-state index contributed by atoms with van der Waals surface area (Å²) >= 11 is 3.35. The number of aromatic nitrogens is 1. The Kier molecular flexibility index (Phi) is 2.26. The molecule has 0 atom stereocenters. The molecule has 4 nitrogen and oxygen atoms in total. The van der Waals surface area contributed by atoms with Crippen molar-refractivity contribution in [2.24, 2.45) is 5.84 Å². The molecule has 0 aliphatic carbocycles. The zero-order valence-electron chi connectivity index (χ0n) is 7.17. The maximum absolute atomic E-state index is 11.2. The number of H-pyrrole nitrogens is 1. The zero-order chi connectivity index (χ0) is 10.1. The van der Waals surface area contributed by atoms with Crippen LogP contribution in [0.4, 0.5) is 0 Å². The van der Waals surface area contributed by atoms with E-state index in [4.69, 9.17) is 5.84 Å². The SMILES string of the molecule is NNC(=O)c1cc2ccc(Br)cc2[nH]1. The van der Waals surface area contributed by atoms with Crippen LogP contribution in [0.5, 0.6) is 0 Å². The Hall–Kier alpha value is -1.33. The summed E-state index contributed by atoms with van der Waals surface area (Å²) in [6.07, 6.45) is 0. The second kappa shape index (κ2) is 3.43. The van der Waals surface area contributed by atoms with E-state index in [1.807, 2.05) is 18.2 Å². The van der Waals surface area contributed by atoms with Crippen molar-refractivity contribution in [1.29, 1.82) is 0 Å². The summed E-state index contributed by atoms with van der Waals surface area (Å²) in [5, 5.41) is 0.979. The van der Waals surface area contributed by atoms with E-state index >= 15 is 0 Å². The fourth-order valence-electron chi connectivity index (χ4n) is 1.30. The van der Waals surface area contributed by atoms with Crippen LogP contribution in [0.15, 0.2) is 28.7 Å². The van der Waals surface area contributed by atoms with Crippen molar-refractivity contribution in [3.8, 4) is 0 Å². The molecule has 0 aliphatic heterocycles. The summed E-state index contributed by atoms with van der Waals surface area (Å²) in [5.74, 6) is 4.71. The Labute approximate surface area is 88.6 Å². The van der Waals surface area contributed by atoms with E-state index < -0.39 is 0 Å². The summed E-state index contributed by atoms with van der Waals surface area (Å²) < 4.78 is 0.964. The Morgan fingerprint density at radius 2 is 2.21 bits per heavy atom. The summed E-state index contributed by atoms with van der Waals surface area (Å²) in [6, 6.07) is 7.50. The molecule has 0 radical (unpaired) electrons. The second-order valence-electron chi connectivity index (χ2n) is 2.89. The summed E-state index contributed by atoms with van der Waals surface area (Å²) in [5.41, 5.74) is 3.43. The van der Waals surface area contributed by atoms with Crippen LogP contribution in [0.3, 0.4) is 0 Å². The van der Waals surface area contributed by atoms with Crippen molar-refractivity contribution in [1.82, 2.24) is 10.4 Å². The number of hydrogen-bond acceptors (Lipinski definition) is 2. The lowest BCUT2D eigenvalue weighted by atomic mass is 10.2. The van der Waals surface area contributed by atoms with Crippen LogP contribution in [-0.4, -0.2) is 10.9 Å². The van der Waals surface area contributed by atoms with Gasteiger partial charge in [0.1, 0.15) is 5.69 Å². The van der Waals surface area contributed by atoms with Gasteiger partial charge in [0.25, 0.3) is 5.91 Å². The van der Waals surface area contributed by atoms with E-state index in [0.29, 0.717) is 5.69 Å². The van der Waals surface area contributed by atoms with Gasteiger partial charge in [0, 0.05) is 15.4 Å². The predicted molar refractivity (Wildman–Crippen MR) is 57.7 cm³/mol. The fourth-order valence-corrected chi connectivity index (χ4v) is 1.66. The van der Waals surface area contributed by atoms with E-state index in [9.17, 15) is 4.79 Å². The minimum Gasteiger partial charge on any atom is -0.350 e. The van der Waals surface area contributed by atoms with Crippen LogP contribution in [0.2, 0.25) is 0 Å². The average molecular weight is 254 g/mol. The van der Waals surface area contributed by atoms with E-state index in [0.717, 1.165) is 15.4 Å². The molecule has 0 saturated heterocycles. The molecule has 5 heteroatoms. The Balaban J connectivity index is 2.56. The lowest BCUT2D eigenvalue weighted by molar-refractivity contribution is 0.0949. The van der Waals surface area contributed by atoms with Crippen LogP contribution >= 0.6 is 15.9 Å². The highest BCUT2D eigenvalue weighted by atomic mass is 79.9. The molecule has 1 heterocycles. The highest BCUT2D eigenvalue weighted by molar-refractivity contribution is 9.10. The van der Waals surface area contributed by atoms with Crippen molar-refractivity contribution in [2.75, 3.05) is 0 Å². The first-order valence-electron chi connectivity index (χ1n) is 4.00. The number of benzene rings is 1. The lowest BCUT2D eigenvalue weighted by Crippen LogP contribution is -2.30. The quantitative estimate of drug-likeness (QED) is 0.410. The Bertz CT molecular complexity index is 492. The largest absolute Gasteiger partial charge is 0.350 e. The number of hydrazine groups is 1. The first-order valence-corrected chi connectivity index (χ1v) is 4.79. The van der Waals surface area contributed by atoms with E-state index in [1.54, 1.807) is 6.07 Å². The minimum atomic E-state index is -0.322. The monoisotopic (exact) mass is 253 g/mol. The summed E-state index contributed by atoms with van der Waals surface area (Å²) in [4.78, 5) is 14.2. The number of halogens is 1. The highest BCUT2D eigenvalue weighted by Gasteiger charge is 2.07. The zero-order valence-corrected chi connectivity index (χ0v) is 8.76. The topological polar surface area (TPSA) is 70.9 Å². The molecule has 4 N–H and O–H groups in total. The predicted octanol–water partition coefficient (Wildman–Crippen LogP) is 1.53. The number of aromatic amines is 1. The van der Waals surface area contributed by atoms with E-state index in [-0.39, 0.29) is 5.91 Å². The van der Waals surface area contributed by atoms with Crippen molar-refractivity contribution in [3.63, 3.8) is 0 Å². The van der Waals surface area contributed by atoms with Crippen molar-refractivity contribution in [2.45, 2.75) is 0 Å². The number of carbonyl (C=O) groups excluding carboxylic acids is 1. The third kappa shape index (κ3) is 1.51. The number of fused-ring (bicyclic) bond motifs is 1. The number of hydrogen-bond donors (Lipinski definition) is 3. The lowest BCUT2D eigenvalue weighted by Gasteiger charge is -1.92. The fraction of sp³-hybridized carbons (Fsp3) is 0. The normalized spacial score (nSPS) is 10.4. The van der Waals surface area contributed by atoms with Gasteiger partial charge >= 0.3 is 0 Å². The molecule has 0 fully saturated rings. The average Bonchev–Trinajstić information content (AvgIpc) is 2.59. The Morgan fingerprint density at radius 1 is 1.43 bits per heavy atom. The molecular weight excluding hydrogens is 246 g/mol. The van der Waals surface area contributed by atoms with Gasteiger partial charge in [-0.05, 0) is 18.2 Å². The van der Waals surface area contributed by atoms with Crippen molar-refractivity contribution in [3.05, 3.63) is 34.4 Å². The molecule has 1 aromatic heterocycles. The number of rotatable bonds is 1. The number of nitrogens with two attached hydrogens (primary N) is 1. The molecule has 1 aromatic carbocycles. The third-order valence-corrected chi connectivity index (χ3v) is 2.45. The van der Waals surface area contributed by atoms with Gasteiger partial charge in [0.15, 0.2) is 0 Å². The molecule has 72 valence electrons. The van der Waals surface area contributed by atoms with Gasteiger partial charge in [-0.2, -0.15) is 0 Å². The standard InChI is InChI=1S/C9H8BrN3O/c10-6-2-1-5-3-8(9(14)13-11)12-7(5)4-6/h1-4,12H,11H2,(H,13,14). The van der Waals surface area contributed by atoms with E-state index in [2.05, 4.69) is 26.3 Å². The van der Waals surface area contributed by atoms with Crippen LogP contribution in [-0.2, 0) is 0 Å². The Morgan fingerprint density at radius 3 is 2.93 bits per heavy atom. The molecule has 0 spiro atoms. The van der Waals surface area contributed by atoms with Gasteiger partial charge in [-0.3, -0.25) is 10.2 Å². The second-order valence-corrected chi connectivity index (χ2v) is 3.80. The minimum absolute atomic E-state index is 0.322. The van der Waals surface area contributed by atoms with E-state index in [1.165, 1.54) is 0 Å². The van der Waals surface area contributed by atoms with Crippen molar-refractivity contribution < 1.29 is 4.79 Å². The molecule has 14 heavy (non-hydrogen) atoms. The smallest absolute Gasteiger partial charge is 0.281 e. The van der Waals surface area contributed by atoms with Gasteiger partial charge in [-0.15, -0.1) is 0 Å². The molecule has 0 saturated carbocycles. The number of nitrogen functional groups attached to an aromatic ring is 1. The third-order valence-electron chi connectivity index (χ3n) is 1.96. The molecule has 0 unspecified atom stereocenters. The van der Waals surface area contributed by atoms with Gasteiger partial charge in [-0.1, -0.05) is 22.0 Å².